The molecule has 1 saturated carbocycles. The summed E-state index contributed by atoms with van der Waals surface area (Å²) in [6.07, 6.45) is 3.91. The van der Waals surface area contributed by atoms with Gasteiger partial charge < -0.3 is 9.42 Å². The van der Waals surface area contributed by atoms with Crippen LogP contribution in [-0.2, 0) is 27.7 Å². The lowest BCUT2D eigenvalue weighted by molar-refractivity contribution is -0.136. The van der Waals surface area contributed by atoms with Gasteiger partial charge in [0.25, 0.3) is 0 Å². The van der Waals surface area contributed by atoms with Crippen molar-refractivity contribution in [3.8, 4) is 0 Å². The Balaban J connectivity index is 1.32. The molecule has 10 heteroatoms. The first-order valence-electron chi connectivity index (χ1n) is 9.61. The van der Waals surface area contributed by atoms with Gasteiger partial charge in [-0.15, -0.1) is 0 Å². The SMILES string of the molecule is CS(=O)(=O)N(CCc1noc(C2CC2)n1)C1CN(C(=O)Cc2ccccc2Cl)C1. The molecule has 1 aromatic carbocycles. The molecule has 1 saturated heterocycles. The topological polar surface area (TPSA) is 96.6 Å². The van der Waals surface area contributed by atoms with Gasteiger partial charge >= 0.3 is 0 Å². The van der Waals surface area contributed by atoms with Gasteiger partial charge in [-0.05, 0) is 24.5 Å². The monoisotopic (exact) mass is 438 g/mol. The summed E-state index contributed by atoms with van der Waals surface area (Å²) in [5.74, 6) is 1.47. The molecule has 0 N–H and O–H groups in total. The molecular formula is C19H23ClN4O4S. The first-order chi connectivity index (χ1) is 13.8. The highest BCUT2D eigenvalue weighted by Gasteiger charge is 2.38. The zero-order valence-electron chi connectivity index (χ0n) is 16.1. The fraction of sp³-hybridized carbons (Fsp3) is 0.526. The van der Waals surface area contributed by atoms with E-state index in [2.05, 4.69) is 10.1 Å². The minimum absolute atomic E-state index is 0.0601. The fourth-order valence-corrected chi connectivity index (χ4v) is 4.75. The first kappa shape index (κ1) is 20.3. The van der Waals surface area contributed by atoms with Crippen molar-refractivity contribution in [2.75, 3.05) is 25.9 Å². The van der Waals surface area contributed by atoms with E-state index in [0.29, 0.717) is 42.2 Å². The molecular weight excluding hydrogens is 416 g/mol. The molecule has 2 heterocycles. The van der Waals surface area contributed by atoms with E-state index in [1.165, 1.54) is 10.6 Å². The third-order valence-electron chi connectivity index (χ3n) is 5.31. The Morgan fingerprint density at radius 3 is 2.69 bits per heavy atom. The van der Waals surface area contributed by atoms with Gasteiger partial charge in [0.2, 0.25) is 21.8 Å². The minimum Gasteiger partial charge on any atom is -0.339 e. The van der Waals surface area contributed by atoms with Crippen LogP contribution in [0.3, 0.4) is 0 Å². The summed E-state index contributed by atoms with van der Waals surface area (Å²) >= 11 is 6.12. The Morgan fingerprint density at radius 2 is 2.03 bits per heavy atom. The number of benzene rings is 1. The molecule has 1 amide bonds. The standard InChI is InChI=1S/C19H23ClN4O4S/c1-29(26,27)24(9-8-17-21-19(28-22-17)13-6-7-13)15-11-23(12-15)18(25)10-14-4-2-3-5-16(14)20/h2-5,13,15H,6-12H2,1H3. The molecule has 0 atom stereocenters. The molecule has 2 fully saturated rings. The predicted octanol–water partition coefficient (Wildman–Crippen LogP) is 1.86. The van der Waals surface area contributed by atoms with Crippen molar-refractivity contribution in [3.05, 3.63) is 46.6 Å². The molecule has 29 heavy (non-hydrogen) atoms. The van der Waals surface area contributed by atoms with Crippen molar-refractivity contribution in [1.82, 2.24) is 19.3 Å². The molecule has 2 aromatic rings. The quantitative estimate of drug-likeness (QED) is 0.624. The molecule has 1 aliphatic carbocycles. The summed E-state index contributed by atoms with van der Waals surface area (Å²) < 4.78 is 31.2. The van der Waals surface area contributed by atoms with Gasteiger partial charge in [-0.1, -0.05) is 35.0 Å². The second-order valence-corrected chi connectivity index (χ2v) is 10.0. The number of rotatable bonds is 8. The van der Waals surface area contributed by atoms with Crippen molar-refractivity contribution in [1.29, 1.82) is 0 Å². The van der Waals surface area contributed by atoms with E-state index < -0.39 is 10.0 Å². The average molecular weight is 439 g/mol. The smallest absolute Gasteiger partial charge is 0.229 e. The summed E-state index contributed by atoms with van der Waals surface area (Å²) in [5.41, 5.74) is 0.770. The van der Waals surface area contributed by atoms with Gasteiger partial charge in [-0.2, -0.15) is 9.29 Å². The fourth-order valence-electron chi connectivity index (χ4n) is 3.45. The van der Waals surface area contributed by atoms with Gasteiger partial charge in [0.05, 0.1) is 18.7 Å². The van der Waals surface area contributed by atoms with Crippen molar-refractivity contribution in [2.45, 2.75) is 37.6 Å². The Kier molecular flexibility index (Phi) is 5.63. The zero-order valence-corrected chi connectivity index (χ0v) is 17.7. The summed E-state index contributed by atoms with van der Waals surface area (Å²) in [7, 11) is -3.42. The highest BCUT2D eigenvalue weighted by atomic mass is 35.5. The van der Waals surface area contributed by atoms with Gasteiger partial charge in [0, 0.05) is 37.0 Å². The molecule has 0 spiro atoms. The van der Waals surface area contributed by atoms with Crippen LogP contribution in [0.2, 0.25) is 5.02 Å². The van der Waals surface area contributed by atoms with Crippen LogP contribution in [0, 0.1) is 0 Å². The van der Waals surface area contributed by atoms with Crippen LogP contribution >= 0.6 is 11.6 Å². The Bertz CT molecular complexity index is 999. The second kappa shape index (κ2) is 8.04. The molecule has 156 valence electrons. The maximum Gasteiger partial charge on any atom is 0.229 e. The Hall–Kier alpha value is -1.97. The second-order valence-electron chi connectivity index (χ2n) is 7.67. The highest BCUT2D eigenvalue weighted by Crippen LogP contribution is 2.38. The lowest BCUT2D eigenvalue weighted by Crippen LogP contribution is -2.62. The number of amides is 1. The number of hydrogen-bond acceptors (Lipinski definition) is 6. The maximum absolute atomic E-state index is 12.5. The van der Waals surface area contributed by atoms with Crippen LogP contribution in [-0.4, -0.2) is 65.6 Å². The van der Waals surface area contributed by atoms with E-state index in [1.807, 2.05) is 18.2 Å². The van der Waals surface area contributed by atoms with Crippen molar-refractivity contribution in [3.63, 3.8) is 0 Å². The van der Waals surface area contributed by atoms with Crippen LogP contribution in [0.15, 0.2) is 28.8 Å². The lowest BCUT2D eigenvalue weighted by Gasteiger charge is -2.44. The van der Waals surface area contributed by atoms with E-state index in [4.69, 9.17) is 16.1 Å². The molecule has 1 aromatic heterocycles. The van der Waals surface area contributed by atoms with Gasteiger partial charge in [-0.25, -0.2) is 8.42 Å². The van der Waals surface area contributed by atoms with Crippen LogP contribution in [0.25, 0.3) is 0 Å². The highest BCUT2D eigenvalue weighted by molar-refractivity contribution is 7.88. The molecule has 8 nitrogen and oxygen atoms in total. The van der Waals surface area contributed by atoms with Gasteiger partial charge in [-0.3, -0.25) is 4.79 Å². The van der Waals surface area contributed by atoms with Crippen molar-refractivity contribution in [2.24, 2.45) is 0 Å². The normalized spacial score (nSPS) is 17.6. The van der Waals surface area contributed by atoms with Crippen LogP contribution in [0.4, 0.5) is 0 Å². The van der Waals surface area contributed by atoms with E-state index >= 15 is 0 Å². The van der Waals surface area contributed by atoms with E-state index in [9.17, 15) is 13.2 Å². The number of hydrogen-bond donors (Lipinski definition) is 0. The zero-order chi connectivity index (χ0) is 20.6. The average Bonchev–Trinajstić information content (AvgIpc) is 3.36. The van der Waals surface area contributed by atoms with Crippen LogP contribution in [0.5, 0.6) is 0 Å². The van der Waals surface area contributed by atoms with E-state index in [0.717, 1.165) is 18.4 Å². The number of carbonyl (C=O) groups excluding carboxylic acids is 1. The predicted molar refractivity (Wildman–Crippen MR) is 107 cm³/mol. The summed E-state index contributed by atoms with van der Waals surface area (Å²) in [6, 6.07) is 6.99. The number of carbonyl (C=O) groups is 1. The van der Waals surface area contributed by atoms with Gasteiger partial charge in [0.15, 0.2) is 5.82 Å². The summed E-state index contributed by atoms with van der Waals surface area (Å²) in [4.78, 5) is 18.5. The van der Waals surface area contributed by atoms with Crippen molar-refractivity contribution < 1.29 is 17.7 Å². The third kappa shape index (κ3) is 4.79. The number of sulfonamides is 1. The molecule has 4 rings (SSSR count). The lowest BCUT2D eigenvalue weighted by atomic mass is 10.1. The van der Waals surface area contributed by atoms with E-state index in [-0.39, 0.29) is 24.9 Å². The number of likely N-dealkylation sites (tertiary alicyclic amines) is 1. The van der Waals surface area contributed by atoms with Crippen molar-refractivity contribution >= 4 is 27.5 Å². The molecule has 1 aliphatic heterocycles. The van der Waals surface area contributed by atoms with Gasteiger partial charge in [0.1, 0.15) is 0 Å². The first-order valence-corrected chi connectivity index (χ1v) is 11.8. The number of aromatic nitrogens is 2. The minimum atomic E-state index is -3.42. The maximum atomic E-state index is 12.5. The Morgan fingerprint density at radius 1 is 1.31 bits per heavy atom. The third-order valence-corrected chi connectivity index (χ3v) is 7.02. The van der Waals surface area contributed by atoms with E-state index in [1.54, 1.807) is 11.0 Å². The van der Waals surface area contributed by atoms with Crippen LogP contribution in [0.1, 0.15) is 36.0 Å². The Labute approximate surface area is 174 Å². The largest absolute Gasteiger partial charge is 0.339 e. The molecule has 2 aliphatic rings. The molecule has 0 bridgehead atoms. The summed E-state index contributed by atoms with van der Waals surface area (Å²) in [6.45, 7) is 1.01. The molecule has 0 unspecified atom stereocenters. The van der Waals surface area contributed by atoms with Crippen LogP contribution < -0.4 is 0 Å². The summed E-state index contributed by atoms with van der Waals surface area (Å²) in [5, 5.41) is 4.51. The number of nitrogens with zero attached hydrogens (tertiary/aromatic N) is 4. The number of halogens is 1. The molecule has 0 radical (unpaired) electrons.